The number of likely N-dealkylation sites (N-methyl/N-ethyl adjacent to an activating group) is 1. The lowest BCUT2D eigenvalue weighted by molar-refractivity contribution is 0.113. The Morgan fingerprint density at radius 3 is 2.60 bits per heavy atom. The lowest BCUT2D eigenvalue weighted by atomic mass is 9.92. The molecule has 0 aromatic heterocycles. The van der Waals surface area contributed by atoms with Gasteiger partial charge in [-0.3, -0.25) is 4.90 Å². The molecular formula is C16H24BrFN2. The molecule has 0 saturated heterocycles. The van der Waals surface area contributed by atoms with E-state index in [4.69, 9.17) is 5.73 Å². The van der Waals surface area contributed by atoms with Crippen molar-refractivity contribution in [3.05, 3.63) is 34.1 Å². The first-order valence-electron chi connectivity index (χ1n) is 7.58. The topological polar surface area (TPSA) is 29.3 Å². The highest BCUT2D eigenvalue weighted by atomic mass is 79.9. The molecule has 2 nitrogen and oxygen atoms in total. The molecule has 1 saturated carbocycles. The summed E-state index contributed by atoms with van der Waals surface area (Å²) in [5.41, 5.74) is 6.99. The van der Waals surface area contributed by atoms with Gasteiger partial charge in [0.25, 0.3) is 0 Å². The van der Waals surface area contributed by atoms with Gasteiger partial charge in [-0.05, 0) is 53.0 Å². The van der Waals surface area contributed by atoms with Crippen LogP contribution in [-0.2, 0) is 0 Å². The van der Waals surface area contributed by atoms with Gasteiger partial charge in [0, 0.05) is 18.6 Å². The number of rotatable bonds is 5. The van der Waals surface area contributed by atoms with Gasteiger partial charge in [0.15, 0.2) is 0 Å². The van der Waals surface area contributed by atoms with Crippen molar-refractivity contribution in [1.29, 1.82) is 0 Å². The summed E-state index contributed by atoms with van der Waals surface area (Å²) in [4.78, 5) is 2.46. The Kier molecular flexibility index (Phi) is 6.00. The fraction of sp³-hybridized carbons (Fsp3) is 0.625. The first-order valence-corrected chi connectivity index (χ1v) is 8.37. The third-order valence-electron chi connectivity index (χ3n) is 4.36. The van der Waals surface area contributed by atoms with Crippen molar-refractivity contribution >= 4 is 15.9 Å². The molecular weight excluding hydrogens is 319 g/mol. The van der Waals surface area contributed by atoms with E-state index in [-0.39, 0.29) is 11.9 Å². The predicted octanol–water partition coefficient (Wildman–Crippen LogP) is 4.24. The van der Waals surface area contributed by atoms with Crippen molar-refractivity contribution in [3.8, 4) is 0 Å². The molecule has 0 bridgehead atoms. The second-order valence-corrected chi connectivity index (χ2v) is 6.40. The Balaban J connectivity index is 2.21. The van der Waals surface area contributed by atoms with Crippen LogP contribution in [0.1, 0.15) is 50.6 Å². The lowest BCUT2D eigenvalue weighted by Crippen LogP contribution is -2.42. The van der Waals surface area contributed by atoms with Crippen LogP contribution in [0.15, 0.2) is 22.7 Å². The molecule has 1 aromatic carbocycles. The van der Waals surface area contributed by atoms with Crippen molar-refractivity contribution in [2.75, 3.05) is 13.1 Å². The van der Waals surface area contributed by atoms with Crippen molar-refractivity contribution in [3.63, 3.8) is 0 Å². The number of nitrogens with zero attached hydrogens (tertiary/aromatic N) is 1. The molecule has 0 aliphatic heterocycles. The molecule has 2 rings (SSSR count). The van der Waals surface area contributed by atoms with Gasteiger partial charge in [-0.2, -0.15) is 0 Å². The van der Waals surface area contributed by atoms with E-state index in [2.05, 4.69) is 27.8 Å². The SMILES string of the molecule is CCN(C1CCCCC1)C(CN)c1ccc(Br)c(F)c1. The standard InChI is InChI=1S/C16H24BrFN2/c1-2-20(13-6-4-3-5-7-13)16(11-19)12-8-9-14(17)15(18)10-12/h8-10,13,16H,2-7,11,19H2,1H3. The smallest absolute Gasteiger partial charge is 0.137 e. The maximum atomic E-state index is 13.8. The highest BCUT2D eigenvalue weighted by Gasteiger charge is 2.27. The van der Waals surface area contributed by atoms with E-state index in [0.29, 0.717) is 17.1 Å². The minimum Gasteiger partial charge on any atom is -0.329 e. The zero-order valence-electron chi connectivity index (χ0n) is 12.1. The number of hydrogen-bond acceptors (Lipinski definition) is 2. The van der Waals surface area contributed by atoms with Crippen LogP contribution in [0.5, 0.6) is 0 Å². The molecule has 1 aliphatic rings. The number of hydrogen-bond donors (Lipinski definition) is 1. The van der Waals surface area contributed by atoms with Gasteiger partial charge >= 0.3 is 0 Å². The highest BCUT2D eigenvalue weighted by Crippen LogP contribution is 2.30. The molecule has 4 heteroatoms. The minimum absolute atomic E-state index is 0.116. The third-order valence-corrected chi connectivity index (χ3v) is 5.00. The molecule has 112 valence electrons. The third kappa shape index (κ3) is 3.60. The Bertz CT molecular complexity index is 432. The molecule has 0 radical (unpaired) electrons. The van der Waals surface area contributed by atoms with Gasteiger partial charge in [0.1, 0.15) is 5.82 Å². The van der Waals surface area contributed by atoms with Crippen LogP contribution in [0.2, 0.25) is 0 Å². The van der Waals surface area contributed by atoms with Gasteiger partial charge in [0.2, 0.25) is 0 Å². The molecule has 0 amide bonds. The first kappa shape index (κ1) is 15.9. The Labute approximate surface area is 129 Å². The van der Waals surface area contributed by atoms with Gasteiger partial charge in [-0.25, -0.2) is 4.39 Å². The van der Waals surface area contributed by atoms with Gasteiger partial charge in [-0.1, -0.05) is 32.3 Å². The molecule has 1 fully saturated rings. The fourth-order valence-corrected chi connectivity index (χ4v) is 3.57. The van der Waals surface area contributed by atoms with E-state index in [1.807, 2.05) is 6.07 Å². The summed E-state index contributed by atoms with van der Waals surface area (Å²) in [5, 5.41) is 0. The van der Waals surface area contributed by atoms with Crippen molar-refractivity contribution in [1.82, 2.24) is 4.90 Å². The molecule has 0 spiro atoms. The second kappa shape index (κ2) is 7.53. The molecule has 1 unspecified atom stereocenters. The van der Waals surface area contributed by atoms with Crippen LogP contribution in [0.4, 0.5) is 4.39 Å². The number of halogens is 2. The van der Waals surface area contributed by atoms with E-state index in [0.717, 1.165) is 12.1 Å². The zero-order valence-corrected chi connectivity index (χ0v) is 13.7. The summed E-state index contributed by atoms with van der Waals surface area (Å²) < 4.78 is 14.3. The van der Waals surface area contributed by atoms with E-state index >= 15 is 0 Å². The van der Waals surface area contributed by atoms with Crippen LogP contribution in [0, 0.1) is 5.82 Å². The summed E-state index contributed by atoms with van der Waals surface area (Å²) in [6, 6.07) is 6.09. The second-order valence-electron chi connectivity index (χ2n) is 5.55. The maximum absolute atomic E-state index is 13.8. The molecule has 0 heterocycles. The number of benzene rings is 1. The fourth-order valence-electron chi connectivity index (χ4n) is 3.33. The van der Waals surface area contributed by atoms with Gasteiger partial charge < -0.3 is 5.73 Å². The summed E-state index contributed by atoms with van der Waals surface area (Å²) in [7, 11) is 0. The summed E-state index contributed by atoms with van der Waals surface area (Å²) >= 11 is 3.21. The summed E-state index contributed by atoms with van der Waals surface area (Å²) in [5.74, 6) is -0.208. The average Bonchev–Trinajstić information content (AvgIpc) is 2.48. The molecule has 1 atom stereocenters. The van der Waals surface area contributed by atoms with Crippen LogP contribution < -0.4 is 5.73 Å². The average molecular weight is 343 g/mol. The Morgan fingerprint density at radius 2 is 2.05 bits per heavy atom. The summed E-state index contributed by atoms with van der Waals surface area (Å²) in [6.07, 6.45) is 6.42. The van der Waals surface area contributed by atoms with E-state index in [1.54, 1.807) is 12.1 Å². The Hall–Kier alpha value is -0.450. The minimum atomic E-state index is -0.208. The largest absolute Gasteiger partial charge is 0.329 e. The number of nitrogens with two attached hydrogens (primary N) is 1. The van der Waals surface area contributed by atoms with Crippen LogP contribution in [0.3, 0.4) is 0 Å². The van der Waals surface area contributed by atoms with Gasteiger partial charge in [-0.15, -0.1) is 0 Å². The van der Waals surface area contributed by atoms with Crippen molar-refractivity contribution < 1.29 is 4.39 Å². The van der Waals surface area contributed by atoms with Gasteiger partial charge in [0.05, 0.1) is 4.47 Å². The normalized spacial score (nSPS) is 18.4. The van der Waals surface area contributed by atoms with Crippen molar-refractivity contribution in [2.45, 2.75) is 51.1 Å². The van der Waals surface area contributed by atoms with Crippen LogP contribution in [-0.4, -0.2) is 24.0 Å². The molecule has 20 heavy (non-hydrogen) atoms. The summed E-state index contributed by atoms with van der Waals surface area (Å²) in [6.45, 7) is 3.67. The van der Waals surface area contributed by atoms with E-state index in [9.17, 15) is 4.39 Å². The molecule has 1 aromatic rings. The first-order chi connectivity index (χ1) is 9.67. The van der Waals surface area contributed by atoms with E-state index < -0.39 is 0 Å². The molecule has 2 N–H and O–H groups in total. The molecule has 1 aliphatic carbocycles. The monoisotopic (exact) mass is 342 g/mol. The zero-order chi connectivity index (χ0) is 14.5. The lowest BCUT2D eigenvalue weighted by Gasteiger charge is -2.39. The van der Waals surface area contributed by atoms with Crippen LogP contribution >= 0.6 is 15.9 Å². The van der Waals surface area contributed by atoms with Crippen molar-refractivity contribution in [2.24, 2.45) is 5.73 Å². The van der Waals surface area contributed by atoms with Crippen LogP contribution in [0.25, 0.3) is 0 Å². The quantitative estimate of drug-likeness (QED) is 0.866. The maximum Gasteiger partial charge on any atom is 0.137 e. The Morgan fingerprint density at radius 1 is 1.35 bits per heavy atom. The predicted molar refractivity (Wildman–Crippen MR) is 85.1 cm³/mol. The van der Waals surface area contributed by atoms with E-state index in [1.165, 1.54) is 32.1 Å². The highest BCUT2D eigenvalue weighted by molar-refractivity contribution is 9.10.